The smallest absolute Gasteiger partial charge is 0.410 e. The molecular formula is C38H53N7O3. The fourth-order valence-corrected chi connectivity index (χ4v) is 9.84. The van der Waals surface area contributed by atoms with Crippen molar-refractivity contribution in [2.75, 3.05) is 52.4 Å². The Hall–Kier alpha value is -3.21. The number of phenolic OH excluding ortho intramolecular Hbond substituents is 1. The standard InChI is InChI=1S/C38H53N7O3/c1-25-34-30-19-32(29-7-5-6-8-33(29)46)40-41-35(30)39-31(34)13-18-45(25)28-11-16-43(17-12-28)27-9-14-42(15-10-27)22-26-20-38(21-26)23-44(24-38)36(47)48-37(2,3)4/h5-8,19,25-28,46H,9-18,20-24H2,1-4H3,(H,39,41)/t25-/m1/s1. The number of piperidine rings is 2. The quantitative estimate of drug-likeness (QED) is 0.355. The summed E-state index contributed by atoms with van der Waals surface area (Å²) in [4.78, 5) is 26.1. The maximum absolute atomic E-state index is 12.4. The molecule has 3 saturated heterocycles. The minimum absolute atomic E-state index is 0.146. The summed E-state index contributed by atoms with van der Waals surface area (Å²) in [6, 6.07) is 11.1. The number of phenols is 1. The number of hydrogen-bond donors (Lipinski definition) is 2. The molecule has 4 fully saturated rings. The van der Waals surface area contributed by atoms with Gasteiger partial charge in [-0.05, 0) is 122 Å². The first kappa shape index (κ1) is 32.0. The highest BCUT2D eigenvalue weighted by molar-refractivity contribution is 5.86. The molecule has 0 unspecified atom stereocenters. The van der Waals surface area contributed by atoms with Gasteiger partial charge in [0.05, 0.1) is 5.69 Å². The molecule has 1 atom stereocenters. The molecule has 0 radical (unpaired) electrons. The van der Waals surface area contributed by atoms with E-state index >= 15 is 0 Å². The van der Waals surface area contributed by atoms with Gasteiger partial charge < -0.3 is 29.5 Å². The van der Waals surface area contributed by atoms with Gasteiger partial charge in [0, 0.05) is 72.8 Å². The summed E-state index contributed by atoms with van der Waals surface area (Å²) < 4.78 is 5.56. The monoisotopic (exact) mass is 655 g/mol. The Balaban J connectivity index is 0.803. The van der Waals surface area contributed by atoms with Crippen molar-refractivity contribution < 1.29 is 14.6 Å². The van der Waals surface area contributed by atoms with E-state index in [1.54, 1.807) is 6.07 Å². The van der Waals surface area contributed by atoms with Gasteiger partial charge in [0.15, 0.2) is 5.65 Å². The molecule has 8 rings (SSSR count). The fraction of sp³-hybridized carbons (Fsp3) is 0.658. The number of benzene rings is 1. The molecule has 10 heteroatoms. The van der Waals surface area contributed by atoms with Crippen LogP contribution in [0.15, 0.2) is 30.3 Å². The molecule has 5 aliphatic rings. The Morgan fingerprint density at radius 2 is 1.71 bits per heavy atom. The number of hydrogen-bond acceptors (Lipinski definition) is 8. The predicted molar refractivity (Wildman–Crippen MR) is 187 cm³/mol. The van der Waals surface area contributed by atoms with Gasteiger partial charge in [0.1, 0.15) is 11.4 Å². The van der Waals surface area contributed by atoms with Crippen LogP contribution in [0, 0.1) is 11.3 Å². The van der Waals surface area contributed by atoms with E-state index in [2.05, 4.69) is 42.9 Å². The minimum atomic E-state index is -0.420. The molecule has 10 nitrogen and oxygen atoms in total. The van der Waals surface area contributed by atoms with Gasteiger partial charge in [-0.15, -0.1) is 10.2 Å². The molecule has 6 heterocycles. The van der Waals surface area contributed by atoms with Crippen LogP contribution >= 0.6 is 0 Å². The molecule has 1 aromatic carbocycles. The third-order valence-corrected chi connectivity index (χ3v) is 12.1. The number of rotatable bonds is 5. The number of amides is 1. The fourth-order valence-electron chi connectivity index (χ4n) is 9.84. The van der Waals surface area contributed by atoms with Crippen LogP contribution in [0.4, 0.5) is 4.79 Å². The maximum atomic E-state index is 12.4. The van der Waals surface area contributed by atoms with Gasteiger partial charge >= 0.3 is 6.09 Å². The lowest BCUT2D eigenvalue weighted by atomic mass is 9.57. The Morgan fingerprint density at radius 1 is 1.00 bits per heavy atom. The van der Waals surface area contributed by atoms with E-state index in [4.69, 9.17) is 4.74 Å². The first-order valence-corrected chi connectivity index (χ1v) is 18.4. The lowest BCUT2D eigenvalue weighted by Crippen LogP contribution is -2.65. The minimum Gasteiger partial charge on any atom is -0.507 e. The highest BCUT2D eigenvalue weighted by Gasteiger charge is 2.54. The van der Waals surface area contributed by atoms with Crippen LogP contribution in [0.5, 0.6) is 5.75 Å². The van der Waals surface area contributed by atoms with Crippen molar-refractivity contribution in [3.8, 4) is 17.0 Å². The zero-order valence-electron chi connectivity index (χ0n) is 29.2. The molecule has 2 aromatic heterocycles. The summed E-state index contributed by atoms with van der Waals surface area (Å²) in [7, 11) is 0. The SMILES string of the molecule is C[C@@H]1c2c([nH]c3nnc(-c4ccccc4O)cc23)CCN1C1CCN(C2CCN(CC3CC4(C3)CN(C(=O)OC(C)(C)C)C4)CC2)CC1. The van der Waals surface area contributed by atoms with Crippen molar-refractivity contribution in [1.82, 2.24) is 34.8 Å². The first-order chi connectivity index (χ1) is 23.0. The average molecular weight is 656 g/mol. The summed E-state index contributed by atoms with van der Waals surface area (Å²) >= 11 is 0. The van der Waals surface area contributed by atoms with Crippen LogP contribution in [-0.2, 0) is 11.2 Å². The number of nitrogens with zero attached hydrogens (tertiary/aromatic N) is 6. The Morgan fingerprint density at radius 3 is 2.42 bits per heavy atom. The number of likely N-dealkylation sites (tertiary alicyclic amines) is 3. The lowest BCUT2D eigenvalue weighted by Gasteiger charge is -2.59. The van der Waals surface area contributed by atoms with Crippen LogP contribution in [0.1, 0.15) is 83.5 Å². The maximum Gasteiger partial charge on any atom is 0.410 e. The number of aromatic hydroxyl groups is 1. The normalized spacial score (nSPS) is 24.8. The van der Waals surface area contributed by atoms with Crippen LogP contribution in [-0.4, -0.2) is 116 Å². The Kier molecular flexibility index (Phi) is 8.19. The van der Waals surface area contributed by atoms with Crippen molar-refractivity contribution in [3.63, 3.8) is 0 Å². The van der Waals surface area contributed by atoms with Crippen molar-refractivity contribution in [1.29, 1.82) is 0 Å². The number of aromatic amines is 1. The highest BCUT2D eigenvalue weighted by Crippen LogP contribution is 2.52. The molecule has 2 N–H and O–H groups in total. The number of ether oxygens (including phenoxy) is 1. The summed E-state index contributed by atoms with van der Waals surface area (Å²) in [5, 5.41) is 20.5. The number of carbonyl (C=O) groups is 1. The third kappa shape index (κ3) is 6.09. The van der Waals surface area contributed by atoms with Crippen molar-refractivity contribution in [2.45, 2.75) is 96.4 Å². The summed E-state index contributed by atoms with van der Waals surface area (Å²) in [6.45, 7) is 17.1. The van der Waals surface area contributed by atoms with Crippen LogP contribution in [0.3, 0.4) is 0 Å². The average Bonchev–Trinajstić information content (AvgIpc) is 3.40. The van der Waals surface area contributed by atoms with Gasteiger partial charge in [0.2, 0.25) is 0 Å². The van der Waals surface area contributed by atoms with Crippen molar-refractivity contribution in [3.05, 3.63) is 41.6 Å². The van der Waals surface area contributed by atoms with E-state index in [0.29, 0.717) is 29.2 Å². The number of H-pyrrole nitrogens is 1. The van der Waals surface area contributed by atoms with Crippen LogP contribution < -0.4 is 0 Å². The highest BCUT2D eigenvalue weighted by atomic mass is 16.6. The molecule has 1 saturated carbocycles. The number of carbonyl (C=O) groups excluding carboxylic acids is 1. The van der Waals surface area contributed by atoms with Crippen molar-refractivity contribution in [2.24, 2.45) is 11.3 Å². The van der Waals surface area contributed by atoms with Gasteiger partial charge in [0.25, 0.3) is 0 Å². The molecule has 3 aromatic rings. The number of para-hydroxylation sites is 1. The third-order valence-electron chi connectivity index (χ3n) is 12.1. The largest absolute Gasteiger partial charge is 0.507 e. The second-order valence-electron chi connectivity index (χ2n) is 16.6. The van der Waals surface area contributed by atoms with Gasteiger partial charge in [-0.3, -0.25) is 4.90 Å². The van der Waals surface area contributed by atoms with Crippen molar-refractivity contribution >= 4 is 17.1 Å². The first-order valence-electron chi connectivity index (χ1n) is 18.4. The molecule has 48 heavy (non-hydrogen) atoms. The zero-order valence-corrected chi connectivity index (χ0v) is 29.2. The second kappa shape index (κ2) is 12.3. The van der Waals surface area contributed by atoms with Gasteiger partial charge in [-0.1, -0.05) is 12.1 Å². The zero-order chi connectivity index (χ0) is 33.2. The van der Waals surface area contributed by atoms with E-state index in [9.17, 15) is 9.90 Å². The van der Waals surface area contributed by atoms with Crippen LogP contribution in [0.25, 0.3) is 22.3 Å². The second-order valence-corrected chi connectivity index (χ2v) is 16.6. The number of aromatic nitrogens is 3. The predicted octanol–water partition coefficient (Wildman–Crippen LogP) is 5.83. The van der Waals surface area contributed by atoms with E-state index < -0.39 is 5.60 Å². The molecule has 0 bridgehead atoms. The molecule has 258 valence electrons. The molecule has 1 spiro atoms. The topological polar surface area (TPSA) is 101 Å². The number of nitrogens with one attached hydrogen (secondary N) is 1. The lowest BCUT2D eigenvalue weighted by molar-refractivity contribution is -0.102. The van der Waals surface area contributed by atoms with Crippen LogP contribution in [0.2, 0.25) is 0 Å². The summed E-state index contributed by atoms with van der Waals surface area (Å²) in [5.74, 6) is 1.02. The summed E-state index contributed by atoms with van der Waals surface area (Å²) in [5.41, 5.74) is 4.87. The number of fused-ring (bicyclic) bond motifs is 3. The molecule has 1 amide bonds. The van der Waals surface area contributed by atoms with E-state index in [-0.39, 0.29) is 11.8 Å². The van der Waals surface area contributed by atoms with Gasteiger partial charge in [-0.25, -0.2) is 4.79 Å². The summed E-state index contributed by atoms with van der Waals surface area (Å²) in [6.07, 6.45) is 8.42. The Bertz CT molecular complexity index is 1640. The van der Waals surface area contributed by atoms with E-state index in [0.717, 1.165) is 48.6 Å². The molecule has 1 aliphatic carbocycles. The van der Waals surface area contributed by atoms with E-state index in [1.165, 1.54) is 82.5 Å². The molecule has 4 aliphatic heterocycles. The Labute approximate surface area is 284 Å². The molecular weight excluding hydrogens is 602 g/mol. The van der Waals surface area contributed by atoms with Gasteiger partial charge in [-0.2, -0.15) is 0 Å². The van der Waals surface area contributed by atoms with E-state index in [1.807, 2.05) is 43.9 Å².